The van der Waals surface area contributed by atoms with Gasteiger partial charge in [-0.15, -0.1) is 0 Å². The summed E-state index contributed by atoms with van der Waals surface area (Å²) < 4.78 is 0. The van der Waals surface area contributed by atoms with Crippen LogP contribution >= 0.6 is 12.2 Å². The predicted molar refractivity (Wildman–Crippen MR) is 60.3 cm³/mol. The van der Waals surface area contributed by atoms with Crippen LogP contribution in [0.1, 0.15) is 5.56 Å². The summed E-state index contributed by atoms with van der Waals surface area (Å²) in [5.41, 5.74) is 1.03. The van der Waals surface area contributed by atoms with Gasteiger partial charge in [-0.1, -0.05) is 42.5 Å². The van der Waals surface area contributed by atoms with Crippen molar-refractivity contribution in [1.29, 1.82) is 0 Å². The number of rotatable bonds is 3. The Bertz CT molecular complexity index is 304. The molecule has 0 aliphatic rings. The Morgan fingerprint density at radius 1 is 1.31 bits per heavy atom. The largest absolute Gasteiger partial charge is 0.303 e. The molecule has 0 aliphatic heterocycles. The highest BCUT2D eigenvalue weighted by Gasteiger charge is 1.95. The van der Waals surface area contributed by atoms with E-state index in [1.54, 1.807) is 11.2 Å². The zero-order valence-electron chi connectivity index (χ0n) is 7.77. The van der Waals surface area contributed by atoms with E-state index in [0.717, 1.165) is 10.4 Å². The molecule has 68 valence electrons. The quantitative estimate of drug-likeness (QED) is 0.315. The lowest BCUT2D eigenvalue weighted by Crippen LogP contribution is -2.06. The van der Waals surface area contributed by atoms with E-state index in [4.69, 9.17) is 12.2 Å². The minimum atomic E-state index is 0.759. The molecule has 0 unspecified atom stereocenters. The zero-order valence-corrected chi connectivity index (χ0v) is 8.58. The normalized spacial score (nSPS) is 10.3. The second kappa shape index (κ2) is 4.72. The number of hydrazone groups is 1. The van der Waals surface area contributed by atoms with E-state index >= 15 is 0 Å². The van der Waals surface area contributed by atoms with Crippen molar-refractivity contribution in [1.82, 2.24) is 5.01 Å². The van der Waals surface area contributed by atoms with Crippen LogP contribution in [0, 0.1) is 0 Å². The molecule has 0 saturated carbocycles. The van der Waals surface area contributed by atoms with Crippen LogP contribution in [0.25, 0.3) is 0 Å². The predicted octanol–water partition coefficient (Wildman–Crippen LogP) is 1.95. The Morgan fingerprint density at radius 3 is 2.46 bits per heavy atom. The van der Waals surface area contributed by atoms with Crippen LogP contribution in [0.2, 0.25) is 0 Å². The summed E-state index contributed by atoms with van der Waals surface area (Å²) in [6, 6.07) is 9.85. The lowest BCUT2D eigenvalue weighted by atomic mass is 10.2. The molecule has 1 aromatic rings. The van der Waals surface area contributed by atoms with Gasteiger partial charge in [0.25, 0.3) is 0 Å². The van der Waals surface area contributed by atoms with E-state index in [-0.39, 0.29) is 0 Å². The van der Waals surface area contributed by atoms with E-state index < -0.39 is 0 Å². The third-order valence-electron chi connectivity index (χ3n) is 1.46. The van der Waals surface area contributed by atoms with Gasteiger partial charge in [0.2, 0.25) is 0 Å². The second-order valence-corrected chi connectivity index (χ2v) is 3.26. The third-order valence-corrected chi connectivity index (χ3v) is 1.81. The van der Waals surface area contributed by atoms with Crippen molar-refractivity contribution >= 4 is 23.3 Å². The van der Waals surface area contributed by atoms with Crippen LogP contribution < -0.4 is 0 Å². The molecular formula is C10H12N2S. The molecule has 1 aromatic carbocycles. The summed E-state index contributed by atoms with van der Waals surface area (Å²) >= 11 is 5.16. The number of hydrogen-bond acceptors (Lipinski definition) is 3. The van der Waals surface area contributed by atoms with Gasteiger partial charge in [0.05, 0.1) is 11.1 Å². The average molecular weight is 192 g/mol. The van der Waals surface area contributed by atoms with Crippen molar-refractivity contribution in [2.24, 2.45) is 5.10 Å². The highest BCUT2D eigenvalue weighted by atomic mass is 32.1. The van der Waals surface area contributed by atoms with Gasteiger partial charge < -0.3 is 5.01 Å². The molecule has 0 bridgehead atoms. The van der Waals surface area contributed by atoms with E-state index in [0.29, 0.717) is 0 Å². The molecule has 0 aromatic heterocycles. The first-order chi connectivity index (χ1) is 6.20. The van der Waals surface area contributed by atoms with Crippen LogP contribution in [0.3, 0.4) is 0 Å². The van der Waals surface area contributed by atoms with Crippen molar-refractivity contribution in [2.75, 3.05) is 14.1 Å². The Balaban J connectivity index is 2.70. The van der Waals surface area contributed by atoms with E-state index in [1.165, 1.54) is 0 Å². The van der Waals surface area contributed by atoms with Gasteiger partial charge in [-0.3, -0.25) is 0 Å². The molecule has 0 amide bonds. The average Bonchev–Trinajstić information content (AvgIpc) is 2.15. The van der Waals surface area contributed by atoms with Crippen LogP contribution in [0.15, 0.2) is 35.4 Å². The van der Waals surface area contributed by atoms with Gasteiger partial charge in [0.1, 0.15) is 0 Å². The van der Waals surface area contributed by atoms with Crippen molar-refractivity contribution in [2.45, 2.75) is 0 Å². The number of nitrogens with zero attached hydrogens (tertiary/aromatic N) is 2. The molecule has 0 atom stereocenters. The molecule has 0 N–H and O–H groups in total. The molecule has 0 heterocycles. The number of thiocarbonyl (C=S) groups is 1. The standard InChI is InChI=1S/C10H12N2S/c1-12(2)11-8-10(13)9-6-4-3-5-7-9/h3-8H,1-2H3/b11-8+. The Hall–Kier alpha value is -1.22. The third kappa shape index (κ3) is 3.34. The van der Waals surface area contributed by atoms with Crippen LogP contribution in [-0.4, -0.2) is 30.2 Å². The SMILES string of the molecule is CN(C)/N=C/C(=S)c1ccccc1. The molecule has 0 saturated heterocycles. The molecular weight excluding hydrogens is 180 g/mol. The fourth-order valence-electron chi connectivity index (χ4n) is 0.845. The first-order valence-corrected chi connectivity index (χ1v) is 4.41. The summed E-state index contributed by atoms with van der Waals surface area (Å²) in [6.45, 7) is 0. The summed E-state index contributed by atoms with van der Waals surface area (Å²) in [4.78, 5) is 0.759. The van der Waals surface area contributed by atoms with E-state index in [2.05, 4.69) is 5.10 Å². The van der Waals surface area contributed by atoms with Gasteiger partial charge >= 0.3 is 0 Å². The van der Waals surface area contributed by atoms with Crippen molar-refractivity contribution in [3.63, 3.8) is 0 Å². The van der Waals surface area contributed by atoms with Gasteiger partial charge in [-0.25, -0.2) is 0 Å². The van der Waals surface area contributed by atoms with Gasteiger partial charge in [0.15, 0.2) is 0 Å². The Morgan fingerprint density at radius 2 is 1.92 bits per heavy atom. The first-order valence-electron chi connectivity index (χ1n) is 4.01. The molecule has 0 radical (unpaired) electrons. The number of hydrogen-bond donors (Lipinski definition) is 0. The summed E-state index contributed by atoms with van der Waals surface area (Å²) in [7, 11) is 3.73. The van der Waals surface area contributed by atoms with Crippen molar-refractivity contribution < 1.29 is 0 Å². The maximum Gasteiger partial charge on any atom is 0.0657 e. The summed E-state index contributed by atoms with van der Waals surface area (Å²) in [5, 5.41) is 5.79. The second-order valence-electron chi connectivity index (χ2n) is 2.82. The molecule has 1 rings (SSSR count). The van der Waals surface area contributed by atoms with E-state index in [9.17, 15) is 0 Å². The van der Waals surface area contributed by atoms with Crippen LogP contribution in [0.5, 0.6) is 0 Å². The highest BCUT2D eigenvalue weighted by molar-refractivity contribution is 7.82. The Kier molecular flexibility index (Phi) is 3.58. The topological polar surface area (TPSA) is 15.6 Å². The molecule has 3 heteroatoms. The first kappa shape index (κ1) is 9.86. The minimum absolute atomic E-state index is 0.759. The molecule has 0 aliphatic carbocycles. The summed E-state index contributed by atoms with van der Waals surface area (Å²) in [6.07, 6.45) is 1.69. The highest BCUT2D eigenvalue weighted by Crippen LogP contribution is 1.99. The molecule has 0 fully saturated rings. The number of benzene rings is 1. The van der Waals surface area contributed by atoms with E-state index in [1.807, 2.05) is 44.4 Å². The van der Waals surface area contributed by atoms with Gasteiger partial charge in [0, 0.05) is 14.1 Å². The van der Waals surface area contributed by atoms with Gasteiger partial charge in [-0.05, 0) is 5.56 Å². The summed E-state index contributed by atoms with van der Waals surface area (Å²) in [5.74, 6) is 0. The van der Waals surface area contributed by atoms with Gasteiger partial charge in [-0.2, -0.15) is 5.10 Å². The Labute approximate surface area is 83.9 Å². The minimum Gasteiger partial charge on any atom is -0.303 e. The smallest absolute Gasteiger partial charge is 0.0657 e. The van der Waals surface area contributed by atoms with Crippen molar-refractivity contribution in [3.05, 3.63) is 35.9 Å². The lowest BCUT2D eigenvalue weighted by molar-refractivity contribution is 0.441. The molecule has 2 nitrogen and oxygen atoms in total. The van der Waals surface area contributed by atoms with Crippen molar-refractivity contribution in [3.8, 4) is 0 Å². The zero-order chi connectivity index (χ0) is 9.68. The fourth-order valence-corrected chi connectivity index (χ4v) is 1.03. The maximum atomic E-state index is 5.16. The van der Waals surface area contributed by atoms with Crippen LogP contribution in [0.4, 0.5) is 0 Å². The lowest BCUT2D eigenvalue weighted by Gasteiger charge is -2.02. The molecule has 13 heavy (non-hydrogen) atoms. The monoisotopic (exact) mass is 192 g/mol. The fraction of sp³-hybridized carbons (Fsp3) is 0.200. The van der Waals surface area contributed by atoms with Crippen LogP contribution in [-0.2, 0) is 0 Å². The molecule has 0 spiro atoms. The maximum absolute atomic E-state index is 5.16.